The van der Waals surface area contributed by atoms with Gasteiger partial charge in [0, 0.05) is 25.6 Å². The molecule has 0 spiro atoms. The van der Waals surface area contributed by atoms with Gasteiger partial charge in [-0.2, -0.15) is 0 Å². The van der Waals surface area contributed by atoms with Crippen LogP contribution in [0.15, 0.2) is 18.2 Å². The number of rotatable bonds is 7. The molecule has 1 aromatic rings. The number of carbonyl (C=O) groups is 2. The second-order valence-corrected chi connectivity index (χ2v) is 4.92. The summed E-state index contributed by atoms with van der Waals surface area (Å²) in [5.41, 5.74) is 2.19. The van der Waals surface area contributed by atoms with E-state index in [4.69, 9.17) is 9.47 Å². The van der Waals surface area contributed by atoms with Crippen molar-refractivity contribution >= 4 is 23.2 Å². The molecule has 6 heteroatoms. The Labute approximate surface area is 131 Å². The normalized spacial score (nSPS) is 13.3. The summed E-state index contributed by atoms with van der Waals surface area (Å²) in [5, 5.41) is 5.65. The van der Waals surface area contributed by atoms with Gasteiger partial charge in [0.05, 0.1) is 0 Å². The highest BCUT2D eigenvalue weighted by Gasteiger charge is 2.17. The Morgan fingerprint density at radius 3 is 1.73 bits per heavy atom. The first-order chi connectivity index (χ1) is 10.4. The van der Waals surface area contributed by atoms with Crippen LogP contribution in [-0.4, -0.2) is 38.2 Å². The average Bonchev–Trinajstić information content (AvgIpc) is 2.53. The lowest BCUT2D eigenvalue weighted by molar-refractivity contribution is -0.125. The third kappa shape index (κ3) is 4.54. The first kappa shape index (κ1) is 18.1. The fourth-order valence-corrected chi connectivity index (χ4v) is 1.88. The van der Waals surface area contributed by atoms with Crippen molar-refractivity contribution in [1.29, 1.82) is 0 Å². The fraction of sp³-hybridized carbons (Fsp3) is 0.500. The minimum absolute atomic E-state index is 0.231. The molecule has 0 unspecified atom stereocenters. The highest BCUT2D eigenvalue weighted by Crippen LogP contribution is 2.25. The van der Waals surface area contributed by atoms with Crippen molar-refractivity contribution in [2.24, 2.45) is 0 Å². The Hall–Kier alpha value is -1.92. The summed E-state index contributed by atoms with van der Waals surface area (Å²) in [4.78, 5) is 23.9. The van der Waals surface area contributed by atoms with Gasteiger partial charge in [-0.3, -0.25) is 9.59 Å². The zero-order valence-electron chi connectivity index (χ0n) is 13.7. The van der Waals surface area contributed by atoms with Crippen molar-refractivity contribution in [3.05, 3.63) is 23.8 Å². The van der Waals surface area contributed by atoms with Gasteiger partial charge in [-0.25, -0.2) is 0 Å². The number of hydrogen-bond acceptors (Lipinski definition) is 4. The quantitative estimate of drug-likeness (QED) is 0.809. The van der Waals surface area contributed by atoms with E-state index in [1.54, 1.807) is 32.0 Å². The monoisotopic (exact) mass is 308 g/mol. The smallest absolute Gasteiger partial charge is 0.253 e. The molecular weight excluding hydrogens is 284 g/mol. The van der Waals surface area contributed by atoms with Crippen LogP contribution >= 0.6 is 0 Å². The maximum atomic E-state index is 12.0. The van der Waals surface area contributed by atoms with Gasteiger partial charge in [0.15, 0.2) is 0 Å². The van der Waals surface area contributed by atoms with Gasteiger partial charge in [-0.05, 0) is 38.0 Å². The number of hydrogen-bond donors (Lipinski definition) is 2. The van der Waals surface area contributed by atoms with Gasteiger partial charge < -0.3 is 20.1 Å². The molecule has 0 saturated carbocycles. The molecule has 0 saturated heterocycles. The zero-order valence-corrected chi connectivity index (χ0v) is 13.7. The summed E-state index contributed by atoms with van der Waals surface area (Å²) in [6, 6.07) is 5.38. The molecule has 2 atom stereocenters. The molecule has 1 aromatic carbocycles. The van der Waals surface area contributed by atoms with E-state index >= 15 is 0 Å². The average molecular weight is 308 g/mol. The second kappa shape index (κ2) is 8.51. The molecule has 0 aromatic heterocycles. The number of nitrogens with one attached hydrogen (secondary N) is 2. The molecule has 0 heterocycles. The standard InChI is InChI=1S/C16H24N2O4/c1-6-12-13(17-15(19)10(2)21-4)8-7-9-14(12)18-16(20)11(3)22-5/h7-11H,6H2,1-5H3,(H,17,19)(H,18,20)/t10-,11-/m0/s1. The summed E-state index contributed by atoms with van der Waals surface area (Å²) in [6.45, 7) is 5.31. The molecule has 0 fully saturated rings. The van der Waals surface area contributed by atoms with E-state index in [9.17, 15) is 9.59 Å². The third-order valence-electron chi connectivity index (χ3n) is 3.49. The van der Waals surface area contributed by atoms with Gasteiger partial charge in [0.25, 0.3) is 11.8 Å². The van der Waals surface area contributed by atoms with Crippen LogP contribution in [0, 0.1) is 0 Å². The molecule has 0 bridgehead atoms. The van der Waals surface area contributed by atoms with Crippen LogP contribution in [0.4, 0.5) is 11.4 Å². The molecule has 6 nitrogen and oxygen atoms in total. The maximum Gasteiger partial charge on any atom is 0.253 e. The van der Waals surface area contributed by atoms with Gasteiger partial charge in [0.2, 0.25) is 0 Å². The van der Waals surface area contributed by atoms with E-state index in [1.807, 2.05) is 6.92 Å². The van der Waals surface area contributed by atoms with Gasteiger partial charge >= 0.3 is 0 Å². The second-order valence-electron chi connectivity index (χ2n) is 4.92. The molecule has 0 aliphatic rings. The Morgan fingerprint density at radius 2 is 1.41 bits per heavy atom. The lowest BCUT2D eigenvalue weighted by atomic mass is 10.1. The predicted molar refractivity (Wildman–Crippen MR) is 86.0 cm³/mol. The topological polar surface area (TPSA) is 76.7 Å². The SMILES string of the molecule is CCc1c(NC(=O)[C@H](C)OC)cccc1NC(=O)[C@H](C)OC. The Bertz CT molecular complexity index is 489. The van der Waals surface area contributed by atoms with Crippen molar-refractivity contribution in [1.82, 2.24) is 0 Å². The van der Waals surface area contributed by atoms with Crippen LogP contribution in [0.2, 0.25) is 0 Å². The van der Waals surface area contributed by atoms with Crippen LogP contribution in [0.3, 0.4) is 0 Å². The number of benzene rings is 1. The molecule has 0 aliphatic carbocycles. The highest BCUT2D eigenvalue weighted by atomic mass is 16.5. The van der Waals surface area contributed by atoms with Crippen LogP contribution in [-0.2, 0) is 25.5 Å². The van der Waals surface area contributed by atoms with E-state index in [1.165, 1.54) is 14.2 Å². The predicted octanol–water partition coefficient (Wildman–Crippen LogP) is 2.20. The van der Waals surface area contributed by atoms with Crippen molar-refractivity contribution in [2.45, 2.75) is 39.4 Å². The third-order valence-corrected chi connectivity index (χ3v) is 3.49. The Morgan fingerprint density at radius 1 is 1.00 bits per heavy atom. The lowest BCUT2D eigenvalue weighted by Crippen LogP contribution is -2.28. The largest absolute Gasteiger partial charge is 0.372 e. The zero-order chi connectivity index (χ0) is 16.7. The summed E-state index contributed by atoms with van der Waals surface area (Å²) in [7, 11) is 2.96. The molecule has 2 amide bonds. The first-order valence-electron chi connectivity index (χ1n) is 7.23. The number of carbonyl (C=O) groups excluding carboxylic acids is 2. The molecule has 1 rings (SSSR count). The highest BCUT2D eigenvalue weighted by molar-refractivity contribution is 5.98. The summed E-state index contributed by atoms with van der Waals surface area (Å²) in [5.74, 6) is -0.461. The van der Waals surface area contributed by atoms with E-state index in [-0.39, 0.29) is 11.8 Å². The van der Waals surface area contributed by atoms with E-state index in [2.05, 4.69) is 10.6 Å². The summed E-state index contributed by atoms with van der Waals surface area (Å²) < 4.78 is 10.0. The van der Waals surface area contributed by atoms with Crippen molar-refractivity contribution in [2.75, 3.05) is 24.9 Å². The molecule has 2 N–H and O–H groups in total. The van der Waals surface area contributed by atoms with E-state index in [0.717, 1.165) is 5.56 Å². The lowest BCUT2D eigenvalue weighted by Gasteiger charge is -2.18. The molecule has 0 radical (unpaired) electrons. The Balaban J connectivity index is 2.99. The van der Waals surface area contributed by atoms with Crippen molar-refractivity contribution in [3.63, 3.8) is 0 Å². The number of anilines is 2. The van der Waals surface area contributed by atoms with Crippen LogP contribution in [0.5, 0.6) is 0 Å². The number of methoxy groups -OCH3 is 2. The van der Waals surface area contributed by atoms with Crippen molar-refractivity contribution < 1.29 is 19.1 Å². The first-order valence-corrected chi connectivity index (χ1v) is 7.23. The number of amides is 2. The summed E-state index contributed by atoms with van der Waals surface area (Å²) in [6.07, 6.45) is -0.428. The van der Waals surface area contributed by atoms with Crippen molar-refractivity contribution in [3.8, 4) is 0 Å². The summed E-state index contributed by atoms with van der Waals surface area (Å²) >= 11 is 0. The fourth-order valence-electron chi connectivity index (χ4n) is 1.88. The van der Waals surface area contributed by atoms with E-state index in [0.29, 0.717) is 17.8 Å². The Kier molecular flexibility index (Phi) is 7.01. The van der Waals surface area contributed by atoms with Gasteiger partial charge in [-0.15, -0.1) is 0 Å². The molecular formula is C16H24N2O4. The minimum Gasteiger partial charge on any atom is -0.372 e. The molecule has 122 valence electrons. The van der Waals surface area contributed by atoms with Gasteiger partial charge in [0.1, 0.15) is 12.2 Å². The molecule has 22 heavy (non-hydrogen) atoms. The van der Waals surface area contributed by atoms with Crippen LogP contribution in [0.1, 0.15) is 26.3 Å². The number of ether oxygens (including phenoxy) is 2. The molecule has 0 aliphatic heterocycles. The van der Waals surface area contributed by atoms with Gasteiger partial charge in [-0.1, -0.05) is 13.0 Å². The minimum atomic E-state index is -0.545. The maximum absolute atomic E-state index is 12.0. The van der Waals surface area contributed by atoms with Crippen LogP contribution in [0.25, 0.3) is 0 Å². The van der Waals surface area contributed by atoms with Crippen LogP contribution < -0.4 is 10.6 Å². The van der Waals surface area contributed by atoms with E-state index < -0.39 is 12.2 Å².